The lowest BCUT2D eigenvalue weighted by Gasteiger charge is -2.46. The lowest BCUT2D eigenvalue weighted by Crippen LogP contribution is -2.59. The molecule has 0 atom stereocenters. The molecule has 1 amide bonds. The average molecular weight is 274 g/mol. The largest absolute Gasteiger partial charge is 0.396 e. The van der Waals surface area contributed by atoms with Crippen molar-refractivity contribution in [1.29, 1.82) is 0 Å². The van der Waals surface area contributed by atoms with Gasteiger partial charge in [0, 0.05) is 25.6 Å². The number of aliphatic hydroxyl groups is 1. The van der Waals surface area contributed by atoms with Crippen LogP contribution in [0, 0.1) is 5.92 Å². The van der Waals surface area contributed by atoms with E-state index in [2.05, 4.69) is 17.4 Å². The van der Waals surface area contributed by atoms with Crippen LogP contribution in [0.3, 0.4) is 0 Å². The summed E-state index contributed by atoms with van der Waals surface area (Å²) in [6.45, 7) is 3.37. The quantitative estimate of drug-likeness (QED) is 0.855. The number of aliphatic hydroxyl groups excluding tert-OH is 1. The van der Waals surface area contributed by atoms with Crippen molar-refractivity contribution < 1.29 is 9.90 Å². The first-order valence-corrected chi connectivity index (χ1v) is 7.43. The summed E-state index contributed by atoms with van der Waals surface area (Å²) in [6, 6.07) is 10.2. The Morgan fingerprint density at radius 2 is 1.90 bits per heavy atom. The third kappa shape index (κ3) is 2.23. The fourth-order valence-electron chi connectivity index (χ4n) is 3.39. The van der Waals surface area contributed by atoms with Gasteiger partial charge in [0.25, 0.3) is 0 Å². The summed E-state index contributed by atoms with van der Waals surface area (Å²) in [6.07, 6.45) is 1.71. The van der Waals surface area contributed by atoms with Crippen LogP contribution in [-0.2, 0) is 10.2 Å². The normalized spacial score (nSPS) is 22.4. The highest BCUT2D eigenvalue weighted by molar-refractivity contribution is 5.89. The molecule has 0 unspecified atom stereocenters. The Kier molecular flexibility index (Phi) is 3.76. The molecule has 108 valence electrons. The zero-order valence-electron chi connectivity index (χ0n) is 11.7. The summed E-state index contributed by atoms with van der Waals surface area (Å²) >= 11 is 0. The number of piperidine rings is 1. The number of hydrogen-bond donors (Lipinski definition) is 2. The SMILES string of the molecule is O=C(N1CC(CO)C1)C1(c2ccccc2)CCNCC1. The third-order valence-electron chi connectivity index (χ3n) is 4.70. The molecule has 0 saturated carbocycles. The minimum absolute atomic E-state index is 0.184. The number of amides is 1. The van der Waals surface area contributed by atoms with E-state index < -0.39 is 0 Å². The minimum atomic E-state index is -0.368. The second-order valence-corrected chi connectivity index (χ2v) is 5.96. The minimum Gasteiger partial charge on any atom is -0.396 e. The van der Waals surface area contributed by atoms with Gasteiger partial charge in [0.1, 0.15) is 0 Å². The molecular weight excluding hydrogens is 252 g/mol. The number of rotatable bonds is 3. The average Bonchev–Trinajstić information content (AvgIpc) is 2.47. The monoisotopic (exact) mass is 274 g/mol. The van der Waals surface area contributed by atoms with Crippen molar-refractivity contribution >= 4 is 5.91 Å². The van der Waals surface area contributed by atoms with Crippen molar-refractivity contribution in [1.82, 2.24) is 10.2 Å². The Morgan fingerprint density at radius 3 is 2.50 bits per heavy atom. The van der Waals surface area contributed by atoms with Gasteiger partial charge in [-0.3, -0.25) is 4.79 Å². The first kappa shape index (κ1) is 13.6. The first-order valence-electron chi connectivity index (χ1n) is 7.43. The fourth-order valence-corrected chi connectivity index (χ4v) is 3.39. The van der Waals surface area contributed by atoms with E-state index in [0.29, 0.717) is 13.1 Å². The van der Waals surface area contributed by atoms with Crippen molar-refractivity contribution in [2.75, 3.05) is 32.8 Å². The fraction of sp³-hybridized carbons (Fsp3) is 0.562. The standard InChI is InChI=1S/C16H22N2O2/c19-12-13-10-18(11-13)15(20)16(6-8-17-9-7-16)14-4-2-1-3-5-14/h1-5,13,17,19H,6-12H2. The van der Waals surface area contributed by atoms with Gasteiger partial charge in [0.15, 0.2) is 0 Å². The van der Waals surface area contributed by atoms with Crippen LogP contribution in [0.4, 0.5) is 0 Å². The molecule has 4 nitrogen and oxygen atoms in total. The van der Waals surface area contributed by atoms with E-state index in [1.807, 2.05) is 23.1 Å². The predicted octanol–water partition coefficient (Wildman–Crippen LogP) is 0.758. The van der Waals surface area contributed by atoms with Crippen LogP contribution in [0.1, 0.15) is 18.4 Å². The molecule has 2 aliphatic rings. The summed E-state index contributed by atoms with van der Waals surface area (Å²) in [4.78, 5) is 14.9. The van der Waals surface area contributed by atoms with Crippen LogP contribution in [0.15, 0.2) is 30.3 Å². The van der Waals surface area contributed by atoms with E-state index >= 15 is 0 Å². The van der Waals surface area contributed by atoms with Crippen LogP contribution in [0.5, 0.6) is 0 Å². The summed E-state index contributed by atoms with van der Waals surface area (Å²) < 4.78 is 0. The number of carbonyl (C=O) groups is 1. The molecule has 2 saturated heterocycles. The summed E-state index contributed by atoms with van der Waals surface area (Å²) in [5.41, 5.74) is 0.770. The molecule has 2 fully saturated rings. The second kappa shape index (κ2) is 5.54. The van der Waals surface area contributed by atoms with Crippen molar-refractivity contribution in [3.8, 4) is 0 Å². The molecule has 0 aromatic heterocycles. The van der Waals surface area contributed by atoms with Crippen LogP contribution in [-0.4, -0.2) is 48.7 Å². The zero-order valence-corrected chi connectivity index (χ0v) is 11.7. The van der Waals surface area contributed by atoms with E-state index in [-0.39, 0.29) is 23.8 Å². The van der Waals surface area contributed by atoms with Gasteiger partial charge in [-0.25, -0.2) is 0 Å². The number of nitrogens with one attached hydrogen (secondary N) is 1. The van der Waals surface area contributed by atoms with Crippen LogP contribution >= 0.6 is 0 Å². The zero-order chi connectivity index (χ0) is 14.0. The van der Waals surface area contributed by atoms with Crippen molar-refractivity contribution in [3.05, 3.63) is 35.9 Å². The highest BCUT2D eigenvalue weighted by Gasteiger charge is 2.46. The van der Waals surface area contributed by atoms with Gasteiger partial charge in [-0.15, -0.1) is 0 Å². The molecule has 0 bridgehead atoms. The summed E-state index contributed by atoms with van der Waals surface area (Å²) in [5, 5.41) is 12.5. The van der Waals surface area contributed by atoms with Crippen molar-refractivity contribution in [2.24, 2.45) is 5.92 Å². The molecule has 20 heavy (non-hydrogen) atoms. The summed E-state index contributed by atoms with van der Waals surface area (Å²) in [5.74, 6) is 0.517. The first-order chi connectivity index (χ1) is 9.76. The van der Waals surface area contributed by atoms with Gasteiger partial charge in [-0.1, -0.05) is 30.3 Å². The highest BCUT2D eigenvalue weighted by atomic mass is 16.3. The van der Waals surface area contributed by atoms with E-state index in [4.69, 9.17) is 5.11 Å². The maximum atomic E-state index is 13.0. The molecular formula is C16H22N2O2. The number of carbonyl (C=O) groups excluding carboxylic acids is 1. The Hall–Kier alpha value is -1.39. The van der Waals surface area contributed by atoms with Crippen LogP contribution < -0.4 is 5.32 Å². The van der Waals surface area contributed by atoms with Gasteiger partial charge >= 0.3 is 0 Å². The third-order valence-corrected chi connectivity index (χ3v) is 4.70. The van der Waals surface area contributed by atoms with E-state index in [9.17, 15) is 4.79 Å². The molecule has 2 aliphatic heterocycles. The molecule has 1 aromatic carbocycles. The maximum Gasteiger partial charge on any atom is 0.233 e. The van der Waals surface area contributed by atoms with E-state index in [1.165, 1.54) is 0 Å². The predicted molar refractivity (Wildman–Crippen MR) is 77.4 cm³/mol. The maximum absolute atomic E-state index is 13.0. The molecule has 0 spiro atoms. The van der Waals surface area contributed by atoms with Crippen molar-refractivity contribution in [2.45, 2.75) is 18.3 Å². The second-order valence-electron chi connectivity index (χ2n) is 5.96. The van der Waals surface area contributed by atoms with Gasteiger partial charge in [0.05, 0.1) is 5.41 Å². The van der Waals surface area contributed by atoms with Gasteiger partial charge < -0.3 is 15.3 Å². The number of benzene rings is 1. The molecule has 2 heterocycles. The van der Waals surface area contributed by atoms with E-state index in [0.717, 1.165) is 31.5 Å². The molecule has 1 aromatic rings. The summed E-state index contributed by atoms with van der Waals surface area (Å²) in [7, 11) is 0. The van der Waals surface area contributed by atoms with Crippen LogP contribution in [0.2, 0.25) is 0 Å². The van der Waals surface area contributed by atoms with Gasteiger partial charge in [-0.2, -0.15) is 0 Å². The number of likely N-dealkylation sites (tertiary alicyclic amines) is 1. The smallest absolute Gasteiger partial charge is 0.233 e. The Labute approximate surface area is 119 Å². The molecule has 3 rings (SSSR count). The molecule has 4 heteroatoms. The van der Waals surface area contributed by atoms with Crippen LogP contribution in [0.25, 0.3) is 0 Å². The Morgan fingerprint density at radius 1 is 1.25 bits per heavy atom. The molecule has 0 radical (unpaired) electrons. The lowest BCUT2D eigenvalue weighted by atomic mass is 9.71. The lowest BCUT2D eigenvalue weighted by molar-refractivity contribution is -0.146. The van der Waals surface area contributed by atoms with Gasteiger partial charge in [-0.05, 0) is 31.5 Å². The number of hydrogen-bond acceptors (Lipinski definition) is 3. The van der Waals surface area contributed by atoms with Crippen molar-refractivity contribution in [3.63, 3.8) is 0 Å². The topological polar surface area (TPSA) is 52.6 Å². The van der Waals surface area contributed by atoms with E-state index in [1.54, 1.807) is 0 Å². The molecule has 0 aliphatic carbocycles. The molecule has 2 N–H and O–H groups in total. The Balaban J connectivity index is 1.85. The number of nitrogens with zero attached hydrogens (tertiary/aromatic N) is 1. The van der Waals surface area contributed by atoms with Gasteiger partial charge in [0.2, 0.25) is 5.91 Å². The highest BCUT2D eigenvalue weighted by Crippen LogP contribution is 2.37. The Bertz CT molecular complexity index is 463.